The van der Waals surface area contributed by atoms with Crippen molar-refractivity contribution in [3.8, 4) is 5.75 Å². The summed E-state index contributed by atoms with van der Waals surface area (Å²) in [4.78, 5) is 26.6. The highest BCUT2D eigenvalue weighted by atomic mass is 16.5. The van der Waals surface area contributed by atoms with Gasteiger partial charge in [-0.15, -0.1) is 0 Å². The normalized spacial score (nSPS) is 18.2. The second-order valence-corrected chi connectivity index (χ2v) is 6.82. The molecule has 0 saturated carbocycles. The van der Waals surface area contributed by atoms with E-state index in [2.05, 4.69) is 24.0 Å². The van der Waals surface area contributed by atoms with Crippen LogP contribution in [-0.2, 0) is 16.0 Å². The smallest absolute Gasteiger partial charge is 0.323 e. The summed E-state index contributed by atoms with van der Waals surface area (Å²) in [5, 5.41) is 9.03. The van der Waals surface area contributed by atoms with E-state index in [1.807, 2.05) is 12.1 Å². The van der Waals surface area contributed by atoms with Crippen LogP contribution in [-0.4, -0.2) is 65.6 Å². The molecule has 1 saturated heterocycles. The molecule has 1 unspecified atom stereocenters. The number of carbonyl (C=O) groups excluding carboxylic acids is 1. The average Bonchev–Trinajstić information content (AvgIpc) is 2.85. The Hall–Kier alpha value is -2.08. The van der Waals surface area contributed by atoms with Crippen molar-refractivity contribution in [3.05, 3.63) is 29.8 Å². The highest BCUT2D eigenvalue weighted by Crippen LogP contribution is 2.18. The van der Waals surface area contributed by atoms with Gasteiger partial charge in [0.2, 0.25) is 5.91 Å². The minimum atomic E-state index is -0.955. The van der Waals surface area contributed by atoms with Gasteiger partial charge in [0.05, 0.1) is 0 Å². The first-order chi connectivity index (χ1) is 12.5. The van der Waals surface area contributed by atoms with Crippen LogP contribution in [0.5, 0.6) is 5.75 Å². The van der Waals surface area contributed by atoms with Crippen molar-refractivity contribution in [1.29, 1.82) is 0 Å². The molecule has 0 spiro atoms. The van der Waals surface area contributed by atoms with E-state index in [1.54, 1.807) is 0 Å². The molecule has 1 aliphatic heterocycles. The van der Waals surface area contributed by atoms with E-state index in [0.717, 1.165) is 51.1 Å². The van der Waals surface area contributed by atoms with E-state index >= 15 is 0 Å². The van der Waals surface area contributed by atoms with Crippen LogP contribution in [0.1, 0.15) is 38.7 Å². The molecule has 0 bridgehead atoms. The molecule has 1 atom stereocenters. The number of carboxylic acid groups (broad SMARTS) is 1. The number of aryl methyl sites for hydroxylation is 1. The van der Waals surface area contributed by atoms with Crippen LogP contribution in [0.15, 0.2) is 24.3 Å². The minimum absolute atomic E-state index is 0.00996. The molecule has 1 aliphatic rings. The lowest BCUT2D eigenvalue weighted by Crippen LogP contribution is -2.42. The molecule has 1 fully saturated rings. The predicted octanol–water partition coefficient (Wildman–Crippen LogP) is 2.42. The highest BCUT2D eigenvalue weighted by Gasteiger charge is 2.25. The van der Waals surface area contributed by atoms with E-state index in [-0.39, 0.29) is 18.5 Å². The fourth-order valence-electron chi connectivity index (χ4n) is 3.46. The summed E-state index contributed by atoms with van der Waals surface area (Å²) < 4.78 is 5.87. The number of rotatable bonds is 8. The van der Waals surface area contributed by atoms with Crippen molar-refractivity contribution in [1.82, 2.24) is 9.80 Å². The third kappa shape index (κ3) is 6.33. The Kier molecular flexibility index (Phi) is 7.91. The summed E-state index contributed by atoms with van der Waals surface area (Å²) in [5.74, 6) is -0.213. The molecule has 1 heterocycles. The largest absolute Gasteiger partial charge is 0.492 e. The lowest BCUT2D eigenvalue weighted by Gasteiger charge is -2.29. The Balaban J connectivity index is 1.80. The van der Waals surface area contributed by atoms with Crippen molar-refractivity contribution in [2.75, 3.05) is 32.8 Å². The molecule has 144 valence electrons. The third-order valence-electron chi connectivity index (χ3n) is 4.92. The zero-order valence-corrected chi connectivity index (χ0v) is 15.8. The number of aliphatic carboxylic acids is 1. The Morgan fingerprint density at radius 2 is 2.12 bits per heavy atom. The predicted molar refractivity (Wildman–Crippen MR) is 100 cm³/mol. The molecular formula is C20H30N2O4. The highest BCUT2D eigenvalue weighted by molar-refractivity contribution is 5.79. The molecular weight excluding hydrogens is 332 g/mol. The molecule has 0 aromatic heterocycles. The van der Waals surface area contributed by atoms with Gasteiger partial charge in [-0.25, -0.2) is 0 Å². The lowest BCUT2D eigenvalue weighted by molar-refractivity contribution is -0.145. The number of nitrogens with zero attached hydrogens (tertiary/aromatic N) is 2. The quantitative estimate of drug-likeness (QED) is 0.769. The first-order valence-corrected chi connectivity index (χ1v) is 9.42. The molecule has 2 rings (SSSR count). The van der Waals surface area contributed by atoms with Gasteiger partial charge < -0.3 is 14.7 Å². The summed E-state index contributed by atoms with van der Waals surface area (Å²) in [6.07, 6.45) is 3.61. The second kappa shape index (κ2) is 10.2. The molecule has 1 aromatic rings. The molecule has 0 aliphatic carbocycles. The van der Waals surface area contributed by atoms with Crippen LogP contribution in [0.4, 0.5) is 0 Å². The number of ether oxygens (including phenoxy) is 1. The fraction of sp³-hybridized carbons (Fsp3) is 0.600. The number of likely N-dealkylation sites (tertiary alicyclic amines) is 1. The zero-order chi connectivity index (χ0) is 18.9. The molecule has 26 heavy (non-hydrogen) atoms. The Morgan fingerprint density at radius 3 is 2.81 bits per heavy atom. The van der Waals surface area contributed by atoms with Gasteiger partial charge in [0.15, 0.2) is 0 Å². The van der Waals surface area contributed by atoms with Crippen LogP contribution >= 0.6 is 0 Å². The zero-order valence-electron chi connectivity index (χ0n) is 15.8. The Labute approximate surface area is 155 Å². The van der Waals surface area contributed by atoms with Crippen molar-refractivity contribution in [2.24, 2.45) is 0 Å². The van der Waals surface area contributed by atoms with E-state index in [9.17, 15) is 9.59 Å². The molecule has 6 nitrogen and oxygen atoms in total. The first-order valence-electron chi connectivity index (χ1n) is 9.42. The number of benzene rings is 1. The first kappa shape index (κ1) is 20.2. The lowest BCUT2D eigenvalue weighted by atomic mass is 10.1. The number of carbonyl (C=O) groups is 2. The summed E-state index contributed by atoms with van der Waals surface area (Å²) in [6.45, 7) is 6.63. The maximum absolute atomic E-state index is 11.8. The van der Waals surface area contributed by atoms with Gasteiger partial charge in [0.25, 0.3) is 0 Å². The van der Waals surface area contributed by atoms with E-state index in [4.69, 9.17) is 9.84 Å². The maximum Gasteiger partial charge on any atom is 0.323 e. The van der Waals surface area contributed by atoms with Crippen molar-refractivity contribution < 1.29 is 19.4 Å². The molecule has 1 amide bonds. The molecule has 1 N–H and O–H groups in total. The van der Waals surface area contributed by atoms with Gasteiger partial charge in [-0.1, -0.05) is 19.1 Å². The number of hydrogen-bond acceptors (Lipinski definition) is 4. The van der Waals surface area contributed by atoms with Gasteiger partial charge in [0.1, 0.15) is 18.9 Å². The van der Waals surface area contributed by atoms with Crippen LogP contribution in [0, 0.1) is 0 Å². The molecule has 0 radical (unpaired) electrons. The van der Waals surface area contributed by atoms with E-state index < -0.39 is 5.97 Å². The topological polar surface area (TPSA) is 70.1 Å². The van der Waals surface area contributed by atoms with Crippen LogP contribution in [0.25, 0.3) is 0 Å². The van der Waals surface area contributed by atoms with Gasteiger partial charge in [0, 0.05) is 26.1 Å². The summed E-state index contributed by atoms with van der Waals surface area (Å²) in [6, 6.07) is 8.18. The Bertz CT molecular complexity index is 605. The number of carboxylic acids is 1. The van der Waals surface area contributed by atoms with Crippen molar-refractivity contribution >= 4 is 11.9 Å². The van der Waals surface area contributed by atoms with Gasteiger partial charge >= 0.3 is 5.97 Å². The average molecular weight is 362 g/mol. The van der Waals surface area contributed by atoms with E-state index in [0.29, 0.717) is 6.61 Å². The molecule has 1 aromatic carbocycles. The summed E-state index contributed by atoms with van der Waals surface area (Å²) in [5.41, 5.74) is 1.27. The van der Waals surface area contributed by atoms with Crippen LogP contribution in [0.2, 0.25) is 0 Å². The van der Waals surface area contributed by atoms with E-state index in [1.165, 1.54) is 17.4 Å². The minimum Gasteiger partial charge on any atom is -0.492 e. The SMILES string of the molecule is CCc1cccc(OCCN2CCCC(N(CC(=O)O)C(C)=O)CC2)c1. The fourth-order valence-corrected chi connectivity index (χ4v) is 3.46. The number of hydrogen-bond donors (Lipinski definition) is 1. The standard InChI is InChI=1S/C20H30N2O4/c1-3-17-6-4-8-19(14-17)26-13-12-21-10-5-7-18(9-11-21)22(16(2)23)15-20(24)25/h4,6,8,14,18H,3,5,7,9-13,15H2,1-2H3,(H,24,25). The maximum atomic E-state index is 11.8. The van der Waals surface area contributed by atoms with Gasteiger partial charge in [-0.05, 0) is 49.9 Å². The van der Waals surface area contributed by atoms with Crippen LogP contribution in [0.3, 0.4) is 0 Å². The summed E-state index contributed by atoms with van der Waals surface area (Å²) in [7, 11) is 0. The second-order valence-electron chi connectivity index (χ2n) is 6.82. The third-order valence-corrected chi connectivity index (χ3v) is 4.92. The summed E-state index contributed by atoms with van der Waals surface area (Å²) >= 11 is 0. The van der Waals surface area contributed by atoms with Gasteiger partial charge in [-0.2, -0.15) is 0 Å². The monoisotopic (exact) mass is 362 g/mol. The van der Waals surface area contributed by atoms with Gasteiger partial charge in [-0.3, -0.25) is 14.5 Å². The van der Waals surface area contributed by atoms with Crippen molar-refractivity contribution in [3.63, 3.8) is 0 Å². The van der Waals surface area contributed by atoms with Crippen LogP contribution < -0.4 is 4.74 Å². The molecule has 6 heteroatoms. The Morgan fingerprint density at radius 1 is 1.31 bits per heavy atom. The van der Waals surface area contributed by atoms with Crippen molar-refractivity contribution in [2.45, 2.75) is 45.6 Å². The number of amides is 1.